The number of carbonyl (C=O) groups excluding carboxylic acids is 3. The van der Waals surface area contributed by atoms with E-state index in [1.54, 1.807) is 26.9 Å². The van der Waals surface area contributed by atoms with Crippen molar-refractivity contribution in [1.82, 2.24) is 25.1 Å². The predicted octanol–water partition coefficient (Wildman–Crippen LogP) is 3.63. The predicted molar refractivity (Wildman–Crippen MR) is 139 cm³/mol. The standard InChI is InChI=1S/C27H34ClN5O3/c1-18(2)12-23-26(35)31(15-21-11-10-19(3)22(28)13-21)16-24-32(23)25(34)17-30(4)33(24)27(36)29-14-20-8-6-5-7-9-20/h5-11,13,18,23-24H,12,14-17H2,1-4H3,(H,29,36)/t23-,24?/m0/s1. The largest absolute Gasteiger partial charge is 0.334 e. The Hall–Kier alpha value is -3.10. The molecule has 192 valence electrons. The number of aryl methyl sites for hydroxylation is 1. The Morgan fingerprint density at radius 3 is 2.50 bits per heavy atom. The first-order chi connectivity index (χ1) is 17.2. The number of hydrazine groups is 1. The summed E-state index contributed by atoms with van der Waals surface area (Å²) in [6.45, 7) is 6.97. The van der Waals surface area contributed by atoms with Gasteiger partial charge >= 0.3 is 6.03 Å². The lowest BCUT2D eigenvalue weighted by Crippen LogP contribution is -2.75. The summed E-state index contributed by atoms with van der Waals surface area (Å²) in [5.41, 5.74) is 2.86. The van der Waals surface area contributed by atoms with Crippen LogP contribution in [0, 0.1) is 12.8 Å². The number of fused-ring (bicyclic) bond motifs is 1. The first kappa shape index (κ1) is 26.0. The number of benzene rings is 2. The Labute approximate surface area is 217 Å². The maximum Gasteiger partial charge on any atom is 0.334 e. The van der Waals surface area contributed by atoms with Gasteiger partial charge in [0.05, 0.1) is 13.1 Å². The summed E-state index contributed by atoms with van der Waals surface area (Å²) < 4.78 is 0. The van der Waals surface area contributed by atoms with Gasteiger partial charge in [0.2, 0.25) is 11.8 Å². The molecular formula is C27H34ClN5O3. The summed E-state index contributed by atoms with van der Waals surface area (Å²) in [5, 5.41) is 6.85. The lowest BCUT2D eigenvalue weighted by Gasteiger charge is -2.54. The maximum atomic E-state index is 13.7. The molecule has 4 amide bonds. The highest BCUT2D eigenvalue weighted by atomic mass is 35.5. The molecular weight excluding hydrogens is 478 g/mol. The van der Waals surface area contributed by atoms with Crippen LogP contribution in [0.15, 0.2) is 48.5 Å². The zero-order chi connectivity index (χ0) is 26.0. The zero-order valence-electron chi connectivity index (χ0n) is 21.3. The molecule has 0 aliphatic carbocycles. The molecule has 2 atom stereocenters. The third kappa shape index (κ3) is 5.50. The van der Waals surface area contributed by atoms with Gasteiger partial charge in [-0.3, -0.25) is 9.59 Å². The minimum atomic E-state index is -0.629. The van der Waals surface area contributed by atoms with Gasteiger partial charge < -0.3 is 15.1 Å². The van der Waals surface area contributed by atoms with Crippen molar-refractivity contribution < 1.29 is 14.4 Å². The average Bonchev–Trinajstić information content (AvgIpc) is 2.83. The number of rotatable bonds is 6. The highest BCUT2D eigenvalue weighted by molar-refractivity contribution is 6.31. The number of hydrogen-bond acceptors (Lipinski definition) is 4. The normalized spacial score (nSPS) is 20.7. The van der Waals surface area contributed by atoms with Crippen molar-refractivity contribution >= 4 is 29.4 Å². The van der Waals surface area contributed by atoms with Crippen LogP contribution in [-0.2, 0) is 22.7 Å². The second-order valence-corrected chi connectivity index (χ2v) is 10.4. The number of urea groups is 1. The molecule has 4 rings (SSSR count). The third-order valence-electron chi connectivity index (χ3n) is 6.74. The lowest BCUT2D eigenvalue weighted by atomic mass is 9.96. The van der Waals surface area contributed by atoms with Gasteiger partial charge in [0, 0.05) is 25.2 Å². The molecule has 2 aromatic rings. The highest BCUT2D eigenvalue weighted by Crippen LogP contribution is 2.30. The van der Waals surface area contributed by atoms with Gasteiger partial charge in [0.25, 0.3) is 0 Å². The molecule has 36 heavy (non-hydrogen) atoms. The van der Waals surface area contributed by atoms with E-state index in [9.17, 15) is 14.4 Å². The van der Waals surface area contributed by atoms with Gasteiger partial charge in [-0.25, -0.2) is 14.8 Å². The molecule has 2 aliphatic heterocycles. The molecule has 2 aliphatic rings. The number of piperazine rings is 1. The van der Waals surface area contributed by atoms with Crippen LogP contribution < -0.4 is 5.32 Å². The van der Waals surface area contributed by atoms with Crippen molar-refractivity contribution in [3.8, 4) is 0 Å². The number of hydrogen-bond donors (Lipinski definition) is 1. The van der Waals surface area contributed by atoms with Gasteiger partial charge in [-0.15, -0.1) is 0 Å². The van der Waals surface area contributed by atoms with Gasteiger partial charge in [0.1, 0.15) is 12.2 Å². The fourth-order valence-electron chi connectivity index (χ4n) is 4.93. The van der Waals surface area contributed by atoms with Crippen LogP contribution in [0.25, 0.3) is 0 Å². The van der Waals surface area contributed by atoms with Crippen LogP contribution in [0.4, 0.5) is 4.79 Å². The summed E-state index contributed by atoms with van der Waals surface area (Å²) in [6.07, 6.45) is -0.0792. The molecule has 2 heterocycles. The van der Waals surface area contributed by atoms with Crippen molar-refractivity contribution in [3.05, 3.63) is 70.2 Å². The minimum absolute atomic E-state index is 0.0324. The molecule has 8 nitrogen and oxygen atoms in total. The molecule has 1 N–H and O–H groups in total. The second kappa shape index (κ2) is 10.9. The van der Waals surface area contributed by atoms with Crippen LogP contribution in [-0.4, -0.2) is 70.0 Å². The van der Waals surface area contributed by atoms with Gasteiger partial charge in [-0.2, -0.15) is 0 Å². The second-order valence-electron chi connectivity index (χ2n) is 10.0. The van der Waals surface area contributed by atoms with Crippen LogP contribution >= 0.6 is 11.6 Å². The Morgan fingerprint density at radius 1 is 1.11 bits per heavy atom. The van der Waals surface area contributed by atoms with Crippen LogP contribution in [0.1, 0.15) is 37.0 Å². The number of nitrogens with zero attached hydrogens (tertiary/aromatic N) is 4. The zero-order valence-corrected chi connectivity index (χ0v) is 22.0. The molecule has 2 aromatic carbocycles. The summed E-state index contributed by atoms with van der Waals surface area (Å²) >= 11 is 6.34. The van der Waals surface area contributed by atoms with E-state index < -0.39 is 12.2 Å². The fraction of sp³-hybridized carbons (Fsp3) is 0.444. The van der Waals surface area contributed by atoms with Gasteiger partial charge in [0.15, 0.2) is 0 Å². The molecule has 2 saturated heterocycles. The Kier molecular flexibility index (Phi) is 7.85. The van der Waals surface area contributed by atoms with Gasteiger partial charge in [-0.1, -0.05) is 67.9 Å². The van der Waals surface area contributed by atoms with E-state index in [1.807, 2.05) is 69.3 Å². The number of nitrogens with one attached hydrogen (secondary N) is 1. The number of amides is 4. The minimum Gasteiger partial charge on any atom is -0.333 e. The van der Waals surface area contributed by atoms with Crippen molar-refractivity contribution in [2.45, 2.75) is 52.5 Å². The average molecular weight is 512 g/mol. The van der Waals surface area contributed by atoms with Crippen molar-refractivity contribution in [1.29, 1.82) is 0 Å². The molecule has 9 heteroatoms. The summed E-state index contributed by atoms with van der Waals surface area (Å²) in [5.74, 6) is -0.0491. The van der Waals surface area contributed by atoms with Crippen molar-refractivity contribution in [2.75, 3.05) is 20.1 Å². The molecule has 0 bridgehead atoms. The molecule has 0 saturated carbocycles. The third-order valence-corrected chi connectivity index (χ3v) is 7.15. The first-order valence-corrected chi connectivity index (χ1v) is 12.7. The molecule has 0 spiro atoms. The molecule has 0 radical (unpaired) electrons. The topological polar surface area (TPSA) is 76.2 Å². The van der Waals surface area contributed by atoms with Crippen LogP contribution in [0.2, 0.25) is 5.02 Å². The van der Waals surface area contributed by atoms with E-state index in [2.05, 4.69) is 5.32 Å². The van der Waals surface area contributed by atoms with Crippen LogP contribution in [0.5, 0.6) is 0 Å². The number of likely N-dealkylation sites (N-methyl/N-ethyl adjacent to an activating group) is 1. The van der Waals surface area contributed by atoms with E-state index in [4.69, 9.17) is 11.6 Å². The highest BCUT2D eigenvalue weighted by Gasteiger charge is 2.50. The quantitative estimate of drug-likeness (QED) is 0.642. The van der Waals surface area contributed by atoms with Gasteiger partial charge in [-0.05, 0) is 42.0 Å². The van der Waals surface area contributed by atoms with Crippen LogP contribution in [0.3, 0.4) is 0 Å². The number of carbonyl (C=O) groups is 3. The Morgan fingerprint density at radius 2 is 1.83 bits per heavy atom. The van der Waals surface area contributed by atoms with E-state index >= 15 is 0 Å². The molecule has 0 aromatic heterocycles. The number of halogens is 1. The van der Waals surface area contributed by atoms with E-state index in [0.717, 1.165) is 16.7 Å². The van der Waals surface area contributed by atoms with Crippen molar-refractivity contribution in [2.24, 2.45) is 5.92 Å². The molecule has 2 fully saturated rings. The maximum absolute atomic E-state index is 13.7. The summed E-state index contributed by atoms with van der Waals surface area (Å²) in [4.78, 5) is 43.7. The first-order valence-electron chi connectivity index (χ1n) is 12.3. The van der Waals surface area contributed by atoms with E-state index in [-0.39, 0.29) is 36.9 Å². The van der Waals surface area contributed by atoms with Crippen molar-refractivity contribution in [3.63, 3.8) is 0 Å². The fourth-order valence-corrected chi connectivity index (χ4v) is 5.14. The SMILES string of the molecule is Cc1ccc(CN2CC3N(C(=O)CN(C)N3C(=O)NCc3ccccc3)[C@@H](CC(C)C)C2=O)cc1Cl. The summed E-state index contributed by atoms with van der Waals surface area (Å²) in [6, 6.07) is 14.5. The Balaban J connectivity index is 1.62. The smallest absolute Gasteiger partial charge is 0.333 e. The van der Waals surface area contributed by atoms with E-state index in [1.165, 1.54) is 0 Å². The molecule has 1 unspecified atom stereocenters. The van der Waals surface area contributed by atoms with E-state index in [0.29, 0.717) is 24.5 Å². The summed E-state index contributed by atoms with van der Waals surface area (Å²) in [7, 11) is 1.73. The lowest BCUT2D eigenvalue weighted by molar-refractivity contribution is -0.188. The monoisotopic (exact) mass is 511 g/mol. The Bertz CT molecular complexity index is 1130.